The van der Waals surface area contributed by atoms with Crippen molar-refractivity contribution in [1.29, 1.82) is 0 Å². The van der Waals surface area contributed by atoms with E-state index >= 15 is 0 Å². The smallest absolute Gasteiger partial charge is 0.217 e. The quantitative estimate of drug-likeness (QED) is 0.816. The van der Waals surface area contributed by atoms with Crippen LogP contribution in [0.2, 0.25) is 0 Å². The van der Waals surface area contributed by atoms with Gasteiger partial charge < -0.3 is 16.0 Å². The zero-order chi connectivity index (χ0) is 15.2. The molecule has 1 aliphatic rings. The van der Waals surface area contributed by atoms with E-state index in [0.717, 1.165) is 55.0 Å². The van der Waals surface area contributed by atoms with Gasteiger partial charge in [0.1, 0.15) is 22.4 Å². The Morgan fingerprint density at radius 2 is 2.19 bits per heavy atom. The predicted molar refractivity (Wildman–Crippen MR) is 87.3 cm³/mol. The number of primary amides is 1. The third-order valence-corrected chi connectivity index (χ3v) is 4.45. The summed E-state index contributed by atoms with van der Waals surface area (Å²) >= 11 is 3.60. The number of anilines is 2. The molecule has 0 saturated carbocycles. The van der Waals surface area contributed by atoms with E-state index in [1.807, 2.05) is 0 Å². The van der Waals surface area contributed by atoms with E-state index in [-0.39, 0.29) is 5.91 Å². The first-order valence-corrected chi connectivity index (χ1v) is 8.18. The van der Waals surface area contributed by atoms with Gasteiger partial charge in [0.05, 0.1) is 0 Å². The molecule has 6 nitrogen and oxygen atoms in total. The summed E-state index contributed by atoms with van der Waals surface area (Å²) in [6.45, 7) is 4.78. The molecule has 3 N–H and O–H groups in total. The minimum atomic E-state index is -0.206. The highest BCUT2D eigenvalue weighted by Gasteiger charge is 2.23. The van der Waals surface area contributed by atoms with Crippen molar-refractivity contribution in [3.05, 3.63) is 10.8 Å². The molecular formula is C14H22BrN5O. The molecular weight excluding hydrogens is 334 g/mol. The lowest BCUT2D eigenvalue weighted by atomic mass is 9.93. The number of rotatable bonds is 6. The number of nitrogens with two attached hydrogens (primary N) is 1. The van der Waals surface area contributed by atoms with Gasteiger partial charge in [0, 0.05) is 26.1 Å². The van der Waals surface area contributed by atoms with E-state index in [4.69, 9.17) is 5.73 Å². The average molecular weight is 356 g/mol. The van der Waals surface area contributed by atoms with Crippen LogP contribution < -0.4 is 16.0 Å². The first-order valence-electron chi connectivity index (χ1n) is 7.39. The number of nitrogens with zero attached hydrogens (tertiary/aromatic N) is 3. The number of hydrogen-bond donors (Lipinski definition) is 2. The third-order valence-electron chi connectivity index (χ3n) is 3.72. The van der Waals surface area contributed by atoms with Crippen LogP contribution in [0.5, 0.6) is 0 Å². The Morgan fingerprint density at radius 3 is 2.81 bits per heavy atom. The minimum Gasteiger partial charge on any atom is -0.370 e. The van der Waals surface area contributed by atoms with Crippen molar-refractivity contribution < 1.29 is 4.79 Å². The van der Waals surface area contributed by atoms with Crippen LogP contribution in [0.15, 0.2) is 10.8 Å². The normalized spacial score (nSPS) is 16.0. The Bertz CT molecular complexity index is 488. The van der Waals surface area contributed by atoms with Crippen molar-refractivity contribution in [1.82, 2.24) is 9.97 Å². The summed E-state index contributed by atoms with van der Waals surface area (Å²) in [5.74, 6) is 1.95. The van der Waals surface area contributed by atoms with Crippen LogP contribution in [0, 0.1) is 5.92 Å². The molecule has 1 fully saturated rings. The number of halogens is 1. The molecule has 116 valence electrons. The van der Waals surface area contributed by atoms with Crippen molar-refractivity contribution in [2.45, 2.75) is 32.6 Å². The predicted octanol–water partition coefficient (Wildman–Crippen LogP) is 2.15. The van der Waals surface area contributed by atoms with Gasteiger partial charge in [-0.15, -0.1) is 0 Å². The topological polar surface area (TPSA) is 84.1 Å². The van der Waals surface area contributed by atoms with Crippen LogP contribution in [0.4, 0.5) is 11.6 Å². The summed E-state index contributed by atoms with van der Waals surface area (Å²) in [7, 11) is 0. The molecule has 7 heteroatoms. The Morgan fingerprint density at radius 1 is 1.48 bits per heavy atom. The van der Waals surface area contributed by atoms with E-state index in [9.17, 15) is 4.79 Å². The molecule has 0 radical (unpaired) electrons. The van der Waals surface area contributed by atoms with Gasteiger partial charge in [-0.25, -0.2) is 9.97 Å². The number of aromatic nitrogens is 2. The average Bonchev–Trinajstić information content (AvgIpc) is 2.47. The SMILES string of the molecule is CCCNc1ncnc(N2CCC(CC(N)=O)CC2)c1Br. The van der Waals surface area contributed by atoms with Gasteiger partial charge in [0.2, 0.25) is 5.91 Å². The number of hydrogen-bond acceptors (Lipinski definition) is 5. The maximum absolute atomic E-state index is 11.0. The van der Waals surface area contributed by atoms with E-state index in [0.29, 0.717) is 12.3 Å². The second-order valence-corrected chi connectivity index (χ2v) is 6.18. The van der Waals surface area contributed by atoms with Gasteiger partial charge in [0.25, 0.3) is 0 Å². The van der Waals surface area contributed by atoms with E-state index in [1.165, 1.54) is 0 Å². The van der Waals surface area contributed by atoms with Gasteiger partial charge in [-0.2, -0.15) is 0 Å². The molecule has 2 rings (SSSR count). The fraction of sp³-hybridized carbons (Fsp3) is 0.643. The molecule has 1 aromatic heterocycles. The molecule has 0 aliphatic carbocycles. The molecule has 1 aromatic rings. The van der Waals surface area contributed by atoms with Crippen molar-refractivity contribution >= 4 is 33.5 Å². The molecule has 2 heterocycles. The van der Waals surface area contributed by atoms with Crippen molar-refractivity contribution in [2.75, 3.05) is 29.9 Å². The molecule has 0 spiro atoms. The summed E-state index contributed by atoms with van der Waals surface area (Å²) in [6.07, 6.45) is 5.06. The summed E-state index contributed by atoms with van der Waals surface area (Å²) in [4.78, 5) is 21.9. The van der Waals surface area contributed by atoms with Crippen LogP contribution in [-0.2, 0) is 4.79 Å². The highest BCUT2D eigenvalue weighted by Crippen LogP contribution is 2.32. The van der Waals surface area contributed by atoms with Crippen LogP contribution in [0.3, 0.4) is 0 Å². The van der Waals surface area contributed by atoms with Crippen LogP contribution in [-0.4, -0.2) is 35.5 Å². The maximum atomic E-state index is 11.0. The number of carbonyl (C=O) groups excluding carboxylic acids is 1. The zero-order valence-electron chi connectivity index (χ0n) is 12.3. The number of amides is 1. The van der Waals surface area contributed by atoms with E-state index < -0.39 is 0 Å². The third kappa shape index (κ3) is 4.30. The maximum Gasteiger partial charge on any atom is 0.217 e. The summed E-state index contributed by atoms with van der Waals surface area (Å²) in [5.41, 5.74) is 5.27. The number of carbonyl (C=O) groups is 1. The lowest BCUT2D eigenvalue weighted by molar-refractivity contribution is -0.119. The van der Waals surface area contributed by atoms with Crippen LogP contribution >= 0.6 is 15.9 Å². The molecule has 0 bridgehead atoms. The van der Waals surface area contributed by atoms with Gasteiger partial charge >= 0.3 is 0 Å². The largest absolute Gasteiger partial charge is 0.370 e. The first kappa shape index (κ1) is 16.0. The summed E-state index contributed by atoms with van der Waals surface area (Å²) < 4.78 is 0.909. The lowest BCUT2D eigenvalue weighted by Gasteiger charge is -2.33. The van der Waals surface area contributed by atoms with Gasteiger partial charge in [-0.3, -0.25) is 4.79 Å². The molecule has 0 atom stereocenters. The van der Waals surface area contributed by atoms with Crippen molar-refractivity contribution in [3.63, 3.8) is 0 Å². The summed E-state index contributed by atoms with van der Waals surface area (Å²) in [5, 5.41) is 3.29. The second kappa shape index (κ2) is 7.59. The molecule has 1 amide bonds. The minimum absolute atomic E-state index is 0.206. The van der Waals surface area contributed by atoms with E-state index in [1.54, 1.807) is 6.33 Å². The van der Waals surface area contributed by atoms with Crippen LogP contribution in [0.1, 0.15) is 32.6 Å². The fourth-order valence-corrected chi connectivity index (χ4v) is 3.18. The monoisotopic (exact) mass is 355 g/mol. The fourth-order valence-electron chi connectivity index (χ4n) is 2.58. The first-order chi connectivity index (χ1) is 10.1. The second-order valence-electron chi connectivity index (χ2n) is 5.39. The Balaban J connectivity index is 2.01. The number of piperidine rings is 1. The highest BCUT2D eigenvalue weighted by atomic mass is 79.9. The zero-order valence-corrected chi connectivity index (χ0v) is 13.9. The molecule has 21 heavy (non-hydrogen) atoms. The standard InChI is InChI=1S/C14H22BrN5O/c1-2-5-17-13-12(15)14(19-9-18-13)20-6-3-10(4-7-20)8-11(16)21/h9-10H,2-8H2,1H3,(H2,16,21)(H,17,18,19). The Labute approximate surface area is 133 Å². The van der Waals surface area contributed by atoms with Gasteiger partial charge in [-0.1, -0.05) is 6.92 Å². The van der Waals surface area contributed by atoms with Gasteiger partial charge in [0.15, 0.2) is 0 Å². The molecule has 0 aromatic carbocycles. The van der Waals surface area contributed by atoms with Crippen molar-refractivity contribution in [3.8, 4) is 0 Å². The Kier molecular flexibility index (Phi) is 5.78. The molecule has 1 aliphatic heterocycles. The number of nitrogens with one attached hydrogen (secondary N) is 1. The van der Waals surface area contributed by atoms with E-state index in [2.05, 4.69) is 43.0 Å². The van der Waals surface area contributed by atoms with Crippen LogP contribution in [0.25, 0.3) is 0 Å². The Hall–Kier alpha value is -1.37. The molecule has 0 unspecified atom stereocenters. The van der Waals surface area contributed by atoms with Gasteiger partial charge in [-0.05, 0) is 41.1 Å². The lowest BCUT2D eigenvalue weighted by Crippen LogP contribution is -2.35. The highest BCUT2D eigenvalue weighted by molar-refractivity contribution is 9.10. The molecule has 1 saturated heterocycles. The summed E-state index contributed by atoms with van der Waals surface area (Å²) in [6, 6.07) is 0. The van der Waals surface area contributed by atoms with Crippen molar-refractivity contribution in [2.24, 2.45) is 11.7 Å².